The Kier molecular flexibility index (Phi) is 3.30. The van der Waals surface area contributed by atoms with E-state index in [2.05, 4.69) is 6.07 Å². The highest BCUT2D eigenvalue weighted by Gasteiger charge is 2.09. The summed E-state index contributed by atoms with van der Waals surface area (Å²) in [4.78, 5) is 0. The van der Waals surface area contributed by atoms with Crippen LogP contribution in [0.25, 0.3) is 0 Å². The van der Waals surface area contributed by atoms with Gasteiger partial charge in [-0.3, -0.25) is 0 Å². The molecule has 0 saturated heterocycles. The van der Waals surface area contributed by atoms with Crippen LogP contribution >= 0.6 is 11.6 Å². The Labute approximate surface area is 82.9 Å². The Hall–Kier alpha value is -1.04. The molecule has 68 valence electrons. The summed E-state index contributed by atoms with van der Waals surface area (Å²) in [6.07, 6.45) is 0.801. The molecule has 1 atom stereocenters. The van der Waals surface area contributed by atoms with E-state index in [4.69, 9.17) is 22.6 Å². The summed E-state index contributed by atoms with van der Waals surface area (Å²) in [6, 6.07) is 7.16. The first-order valence-electron chi connectivity index (χ1n) is 4.14. The van der Waals surface area contributed by atoms with Crippen LogP contribution in [-0.2, 0) is 0 Å². The lowest BCUT2D eigenvalue weighted by molar-refractivity contribution is 0.697. The fourth-order valence-corrected chi connectivity index (χ4v) is 1.34. The summed E-state index contributed by atoms with van der Waals surface area (Å²) < 4.78 is 0. The van der Waals surface area contributed by atoms with E-state index in [-0.39, 0.29) is 6.04 Å². The molecule has 3 heteroatoms. The SMILES string of the molecule is CC[C@H](N)c1cc(Cl)ccc1C#N. The zero-order chi connectivity index (χ0) is 9.84. The summed E-state index contributed by atoms with van der Waals surface area (Å²) in [5.41, 5.74) is 7.27. The van der Waals surface area contributed by atoms with E-state index in [1.807, 2.05) is 6.92 Å². The van der Waals surface area contributed by atoms with Gasteiger partial charge in [0, 0.05) is 11.1 Å². The second-order valence-electron chi connectivity index (χ2n) is 2.86. The molecule has 0 bridgehead atoms. The highest BCUT2D eigenvalue weighted by Crippen LogP contribution is 2.22. The van der Waals surface area contributed by atoms with Gasteiger partial charge in [-0.2, -0.15) is 5.26 Å². The number of nitrogens with two attached hydrogens (primary N) is 1. The van der Waals surface area contributed by atoms with Crippen molar-refractivity contribution < 1.29 is 0 Å². The standard InChI is InChI=1S/C10H11ClN2/c1-2-10(13)9-5-8(11)4-3-7(9)6-12/h3-5,10H,2,13H2,1H3/t10-/m0/s1. The van der Waals surface area contributed by atoms with E-state index in [0.717, 1.165) is 12.0 Å². The maximum absolute atomic E-state index is 8.81. The first-order valence-corrected chi connectivity index (χ1v) is 4.52. The van der Waals surface area contributed by atoms with Crippen molar-refractivity contribution in [2.75, 3.05) is 0 Å². The number of nitrogens with zero attached hydrogens (tertiary/aromatic N) is 1. The zero-order valence-corrected chi connectivity index (χ0v) is 8.17. The highest BCUT2D eigenvalue weighted by molar-refractivity contribution is 6.30. The molecular weight excluding hydrogens is 184 g/mol. The Balaban J connectivity index is 3.17. The summed E-state index contributed by atoms with van der Waals surface area (Å²) in [7, 11) is 0. The minimum Gasteiger partial charge on any atom is -0.324 e. The third-order valence-electron chi connectivity index (χ3n) is 1.97. The molecule has 0 spiro atoms. The maximum atomic E-state index is 8.81. The Morgan fingerprint density at radius 3 is 2.85 bits per heavy atom. The van der Waals surface area contributed by atoms with E-state index < -0.39 is 0 Å². The molecule has 1 rings (SSSR count). The predicted octanol–water partition coefficient (Wildman–Crippen LogP) is 2.62. The average Bonchev–Trinajstić information content (AvgIpc) is 2.16. The maximum Gasteiger partial charge on any atom is 0.0995 e. The van der Waals surface area contributed by atoms with Crippen LogP contribution in [0.15, 0.2) is 18.2 Å². The van der Waals surface area contributed by atoms with Crippen LogP contribution in [0.2, 0.25) is 5.02 Å². The predicted molar refractivity (Wildman–Crippen MR) is 53.4 cm³/mol. The normalized spacial score (nSPS) is 12.2. The van der Waals surface area contributed by atoms with E-state index >= 15 is 0 Å². The Bertz CT molecular complexity index is 341. The third kappa shape index (κ3) is 2.21. The van der Waals surface area contributed by atoms with Crippen LogP contribution in [0.3, 0.4) is 0 Å². The summed E-state index contributed by atoms with van der Waals surface area (Å²) in [5, 5.41) is 9.43. The lowest BCUT2D eigenvalue weighted by Gasteiger charge is -2.10. The first kappa shape index (κ1) is 10.0. The fraction of sp³-hybridized carbons (Fsp3) is 0.300. The average molecular weight is 195 g/mol. The van der Waals surface area contributed by atoms with Crippen LogP contribution in [-0.4, -0.2) is 0 Å². The number of halogens is 1. The number of nitriles is 1. The van der Waals surface area contributed by atoms with Crippen LogP contribution in [0.1, 0.15) is 30.5 Å². The molecule has 1 aromatic carbocycles. The van der Waals surface area contributed by atoms with Gasteiger partial charge in [-0.25, -0.2) is 0 Å². The molecule has 0 radical (unpaired) electrons. The second-order valence-corrected chi connectivity index (χ2v) is 3.29. The summed E-state index contributed by atoms with van der Waals surface area (Å²) in [5.74, 6) is 0. The molecule has 0 aliphatic rings. The number of rotatable bonds is 2. The Morgan fingerprint density at radius 2 is 2.31 bits per heavy atom. The van der Waals surface area contributed by atoms with Gasteiger partial charge < -0.3 is 5.73 Å². The van der Waals surface area contributed by atoms with Crippen LogP contribution < -0.4 is 5.73 Å². The number of benzene rings is 1. The van der Waals surface area contributed by atoms with Crippen LogP contribution in [0.4, 0.5) is 0 Å². The number of hydrogen-bond acceptors (Lipinski definition) is 2. The largest absolute Gasteiger partial charge is 0.324 e. The molecule has 1 aromatic rings. The van der Waals surface area contributed by atoms with E-state index in [9.17, 15) is 0 Å². The van der Waals surface area contributed by atoms with Crippen LogP contribution in [0.5, 0.6) is 0 Å². The van der Waals surface area contributed by atoms with Gasteiger partial charge in [0.05, 0.1) is 11.6 Å². The summed E-state index contributed by atoms with van der Waals surface area (Å²) in [6.45, 7) is 1.98. The number of hydrogen-bond donors (Lipinski definition) is 1. The van der Waals surface area contributed by atoms with Crippen molar-refractivity contribution in [3.05, 3.63) is 34.3 Å². The van der Waals surface area contributed by atoms with Gasteiger partial charge >= 0.3 is 0 Å². The van der Waals surface area contributed by atoms with Crippen molar-refractivity contribution in [1.82, 2.24) is 0 Å². The van der Waals surface area contributed by atoms with Gasteiger partial charge in [0.25, 0.3) is 0 Å². The highest BCUT2D eigenvalue weighted by atomic mass is 35.5. The van der Waals surface area contributed by atoms with Crippen molar-refractivity contribution in [2.45, 2.75) is 19.4 Å². The first-order chi connectivity index (χ1) is 6.19. The molecule has 0 unspecified atom stereocenters. The molecule has 0 aliphatic carbocycles. The van der Waals surface area contributed by atoms with Gasteiger partial charge in [0.1, 0.15) is 0 Å². The topological polar surface area (TPSA) is 49.8 Å². The molecular formula is C10H11ClN2. The van der Waals surface area contributed by atoms with Crippen molar-refractivity contribution >= 4 is 11.6 Å². The molecule has 0 saturated carbocycles. The molecule has 0 aliphatic heterocycles. The van der Waals surface area contributed by atoms with Gasteiger partial charge in [-0.1, -0.05) is 18.5 Å². The quantitative estimate of drug-likeness (QED) is 0.787. The fourth-order valence-electron chi connectivity index (χ4n) is 1.16. The van der Waals surface area contributed by atoms with Crippen molar-refractivity contribution in [1.29, 1.82) is 5.26 Å². The van der Waals surface area contributed by atoms with E-state index in [0.29, 0.717) is 10.6 Å². The second kappa shape index (κ2) is 4.27. The van der Waals surface area contributed by atoms with Crippen molar-refractivity contribution in [3.63, 3.8) is 0 Å². The van der Waals surface area contributed by atoms with Gasteiger partial charge in [0.15, 0.2) is 0 Å². The molecule has 0 heterocycles. The smallest absolute Gasteiger partial charge is 0.0995 e. The van der Waals surface area contributed by atoms with Gasteiger partial charge in [-0.15, -0.1) is 0 Å². The minimum atomic E-state index is -0.103. The lowest BCUT2D eigenvalue weighted by Crippen LogP contribution is -2.10. The van der Waals surface area contributed by atoms with Crippen LogP contribution in [0, 0.1) is 11.3 Å². The molecule has 13 heavy (non-hydrogen) atoms. The molecule has 2 nitrogen and oxygen atoms in total. The summed E-state index contributed by atoms with van der Waals surface area (Å²) >= 11 is 5.81. The van der Waals surface area contributed by atoms with E-state index in [1.165, 1.54) is 0 Å². The zero-order valence-electron chi connectivity index (χ0n) is 7.42. The molecule has 0 amide bonds. The molecule has 0 fully saturated rings. The minimum absolute atomic E-state index is 0.103. The van der Waals surface area contributed by atoms with Crippen molar-refractivity contribution in [2.24, 2.45) is 5.73 Å². The van der Waals surface area contributed by atoms with E-state index in [1.54, 1.807) is 18.2 Å². The molecule has 2 N–H and O–H groups in total. The Morgan fingerprint density at radius 1 is 1.62 bits per heavy atom. The van der Waals surface area contributed by atoms with Crippen molar-refractivity contribution in [3.8, 4) is 6.07 Å². The van der Waals surface area contributed by atoms with Gasteiger partial charge in [0.2, 0.25) is 0 Å². The van der Waals surface area contributed by atoms with Gasteiger partial charge in [-0.05, 0) is 30.2 Å². The monoisotopic (exact) mass is 194 g/mol. The third-order valence-corrected chi connectivity index (χ3v) is 2.21. The molecule has 0 aromatic heterocycles. The lowest BCUT2D eigenvalue weighted by atomic mass is 10.0.